The summed E-state index contributed by atoms with van der Waals surface area (Å²) in [5.74, 6) is 1.68. The summed E-state index contributed by atoms with van der Waals surface area (Å²) < 4.78 is 10.3. The SMILES string of the molecule is Cc1nc(CN(Cc2ccccc2)CC(O)c2ccco2)no1. The normalized spacial score (nSPS) is 12.7. The van der Waals surface area contributed by atoms with Crippen LogP contribution < -0.4 is 0 Å². The van der Waals surface area contributed by atoms with Gasteiger partial charge in [0, 0.05) is 20.0 Å². The molecule has 1 N–H and O–H groups in total. The summed E-state index contributed by atoms with van der Waals surface area (Å²) in [6.45, 7) is 3.34. The molecular formula is C17H19N3O3. The summed E-state index contributed by atoms with van der Waals surface area (Å²) in [5.41, 5.74) is 1.15. The van der Waals surface area contributed by atoms with E-state index in [4.69, 9.17) is 8.94 Å². The molecule has 6 nitrogen and oxygen atoms in total. The summed E-state index contributed by atoms with van der Waals surface area (Å²) in [7, 11) is 0. The molecule has 0 aliphatic carbocycles. The van der Waals surface area contributed by atoms with E-state index in [-0.39, 0.29) is 0 Å². The van der Waals surface area contributed by atoms with Crippen LogP contribution in [0.5, 0.6) is 0 Å². The number of aliphatic hydroxyl groups excluding tert-OH is 1. The maximum atomic E-state index is 10.3. The fraction of sp³-hybridized carbons (Fsp3) is 0.294. The van der Waals surface area contributed by atoms with Crippen LogP contribution in [0.15, 0.2) is 57.7 Å². The summed E-state index contributed by atoms with van der Waals surface area (Å²) >= 11 is 0. The Balaban J connectivity index is 1.72. The van der Waals surface area contributed by atoms with Crippen LogP contribution in [0.25, 0.3) is 0 Å². The van der Waals surface area contributed by atoms with Crippen molar-refractivity contribution in [1.82, 2.24) is 15.0 Å². The summed E-state index contributed by atoms with van der Waals surface area (Å²) in [6, 6.07) is 13.6. The highest BCUT2D eigenvalue weighted by Gasteiger charge is 2.18. The molecule has 0 radical (unpaired) electrons. The van der Waals surface area contributed by atoms with Crippen LogP contribution in [0.2, 0.25) is 0 Å². The summed E-state index contributed by atoms with van der Waals surface area (Å²) in [5, 5.41) is 14.3. The van der Waals surface area contributed by atoms with Crippen LogP contribution in [0, 0.1) is 6.92 Å². The average molecular weight is 313 g/mol. The minimum Gasteiger partial charge on any atom is -0.467 e. The van der Waals surface area contributed by atoms with Crippen molar-refractivity contribution in [3.05, 3.63) is 71.8 Å². The van der Waals surface area contributed by atoms with Gasteiger partial charge in [0.25, 0.3) is 0 Å². The predicted octanol–water partition coefficient (Wildman–Crippen LogP) is 2.71. The monoisotopic (exact) mass is 313 g/mol. The molecule has 0 fully saturated rings. The summed E-state index contributed by atoms with van der Waals surface area (Å²) in [6.07, 6.45) is 0.851. The molecule has 3 rings (SSSR count). The van der Waals surface area contributed by atoms with E-state index in [0.29, 0.717) is 37.1 Å². The Morgan fingerprint density at radius 3 is 2.61 bits per heavy atom. The Morgan fingerprint density at radius 2 is 1.96 bits per heavy atom. The molecule has 2 aromatic heterocycles. The van der Waals surface area contributed by atoms with Gasteiger partial charge in [0.1, 0.15) is 11.9 Å². The number of benzene rings is 1. The second-order valence-electron chi connectivity index (χ2n) is 5.42. The second-order valence-corrected chi connectivity index (χ2v) is 5.42. The average Bonchev–Trinajstić information content (AvgIpc) is 3.20. The van der Waals surface area contributed by atoms with Crippen LogP contribution in [-0.2, 0) is 13.1 Å². The molecule has 23 heavy (non-hydrogen) atoms. The van der Waals surface area contributed by atoms with Gasteiger partial charge in [-0.15, -0.1) is 0 Å². The lowest BCUT2D eigenvalue weighted by molar-refractivity contribution is 0.0856. The van der Waals surface area contributed by atoms with Crippen molar-refractivity contribution >= 4 is 0 Å². The molecule has 0 aliphatic heterocycles. The van der Waals surface area contributed by atoms with E-state index in [2.05, 4.69) is 15.0 Å². The Morgan fingerprint density at radius 1 is 1.13 bits per heavy atom. The number of hydrogen-bond donors (Lipinski definition) is 1. The molecule has 0 spiro atoms. The smallest absolute Gasteiger partial charge is 0.223 e. The van der Waals surface area contributed by atoms with E-state index in [1.165, 1.54) is 0 Å². The topological polar surface area (TPSA) is 75.5 Å². The maximum Gasteiger partial charge on any atom is 0.223 e. The van der Waals surface area contributed by atoms with Crippen molar-refractivity contribution < 1.29 is 14.0 Å². The lowest BCUT2D eigenvalue weighted by atomic mass is 10.2. The van der Waals surface area contributed by atoms with E-state index in [1.807, 2.05) is 30.3 Å². The molecule has 1 aromatic carbocycles. The van der Waals surface area contributed by atoms with Gasteiger partial charge in [0.2, 0.25) is 5.89 Å². The molecule has 120 valence electrons. The molecule has 0 amide bonds. The molecule has 0 saturated carbocycles. The van der Waals surface area contributed by atoms with Crippen LogP contribution in [0.3, 0.4) is 0 Å². The highest BCUT2D eigenvalue weighted by molar-refractivity contribution is 5.14. The number of aromatic nitrogens is 2. The molecule has 0 saturated heterocycles. The molecule has 2 heterocycles. The molecule has 3 aromatic rings. The first-order valence-corrected chi connectivity index (χ1v) is 7.47. The molecule has 6 heteroatoms. The zero-order valence-electron chi connectivity index (χ0n) is 12.9. The molecule has 1 unspecified atom stereocenters. The minimum atomic E-state index is -0.707. The third-order valence-corrected chi connectivity index (χ3v) is 3.49. The van der Waals surface area contributed by atoms with Gasteiger partial charge in [-0.2, -0.15) is 4.98 Å². The van der Waals surface area contributed by atoms with Crippen LogP contribution in [0.4, 0.5) is 0 Å². The highest BCUT2D eigenvalue weighted by atomic mass is 16.5. The van der Waals surface area contributed by atoms with Crippen molar-refractivity contribution in [3.63, 3.8) is 0 Å². The number of rotatable bonds is 7. The first-order valence-electron chi connectivity index (χ1n) is 7.47. The zero-order valence-corrected chi connectivity index (χ0v) is 12.9. The standard InChI is InChI=1S/C17H19N3O3/c1-13-18-17(19-23-13)12-20(10-14-6-3-2-4-7-14)11-15(21)16-8-5-9-22-16/h2-9,15,21H,10-12H2,1H3. The van der Waals surface area contributed by atoms with Gasteiger partial charge in [0.05, 0.1) is 12.8 Å². The number of furan rings is 1. The van der Waals surface area contributed by atoms with Crippen molar-refractivity contribution in [2.24, 2.45) is 0 Å². The highest BCUT2D eigenvalue weighted by Crippen LogP contribution is 2.17. The molecule has 1 atom stereocenters. The van der Waals surface area contributed by atoms with Crippen LogP contribution in [-0.4, -0.2) is 26.7 Å². The lowest BCUT2D eigenvalue weighted by Gasteiger charge is -2.23. The van der Waals surface area contributed by atoms with Crippen molar-refractivity contribution in [1.29, 1.82) is 0 Å². The van der Waals surface area contributed by atoms with Gasteiger partial charge in [-0.3, -0.25) is 4.90 Å². The van der Waals surface area contributed by atoms with Gasteiger partial charge in [0.15, 0.2) is 5.82 Å². The fourth-order valence-corrected chi connectivity index (χ4v) is 2.45. The van der Waals surface area contributed by atoms with Crippen molar-refractivity contribution in [2.75, 3.05) is 6.54 Å². The predicted molar refractivity (Wildman–Crippen MR) is 83.3 cm³/mol. The number of nitrogens with zero attached hydrogens (tertiary/aromatic N) is 3. The van der Waals surface area contributed by atoms with Gasteiger partial charge >= 0.3 is 0 Å². The lowest BCUT2D eigenvalue weighted by Crippen LogP contribution is -2.28. The van der Waals surface area contributed by atoms with E-state index in [0.717, 1.165) is 5.56 Å². The number of hydrogen-bond acceptors (Lipinski definition) is 6. The largest absolute Gasteiger partial charge is 0.467 e. The van der Waals surface area contributed by atoms with E-state index >= 15 is 0 Å². The van der Waals surface area contributed by atoms with Gasteiger partial charge in [-0.25, -0.2) is 0 Å². The Labute approximate surface area is 134 Å². The van der Waals surface area contributed by atoms with Crippen molar-refractivity contribution in [2.45, 2.75) is 26.1 Å². The fourth-order valence-electron chi connectivity index (χ4n) is 2.45. The Hall–Kier alpha value is -2.44. The van der Waals surface area contributed by atoms with E-state index in [9.17, 15) is 5.11 Å². The van der Waals surface area contributed by atoms with E-state index in [1.54, 1.807) is 25.3 Å². The first kappa shape index (κ1) is 15.5. The minimum absolute atomic E-state index is 0.413. The number of aliphatic hydroxyl groups is 1. The van der Waals surface area contributed by atoms with Gasteiger partial charge in [-0.05, 0) is 17.7 Å². The van der Waals surface area contributed by atoms with Gasteiger partial charge in [-0.1, -0.05) is 35.5 Å². The third-order valence-electron chi connectivity index (χ3n) is 3.49. The number of aryl methyl sites for hydroxylation is 1. The van der Waals surface area contributed by atoms with Crippen molar-refractivity contribution in [3.8, 4) is 0 Å². The summed E-state index contributed by atoms with van der Waals surface area (Å²) in [4.78, 5) is 6.30. The van der Waals surface area contributed by atoms with Crippen LogP contribution in [0.1, 0.15) is 29.1 Å². The molecule has 0 aliphatic rings. The Bertz CT molecular complexity index is 710. The Kier molecular flexibility index (Phi) is 4.85. The van der Waals surface area contributed by atoms with Gasteiger partial charge < -0.3 is 14.0 Å². The quantitative estimate of drug-likeness (QED) is 0.723. The zero-order chi connectivity index (χ0) is 16.1. The first-order chi connectivity index (χ1) is 11.2. The van der Waals surface area contributed by atoms with E-state index < -0.39 is 6.10 Å². The molecular weight excluding hydrogens is 294 g/mol. The molecule has 0 bridgehead atoms. The third kappa shape index (κ3) is 4.28. The van der Waals surface area contributed by atoms with Crippen LogP contribution >= 0.6 is 0 Å². The maximum absolute atomic E-state index is 10.3. The second kappa shape index (κ2) is 7.21.